The van der Waals surface area contributed by atoms with Crippen molar-refractivity contribution in [3.63, 3.8) is 0 Å². The molecule has 1 heterocycles. The number of nitrogens with one attached hydrogen (secondary N) is 1. The number of carboxylic acid groups (broad SMARTS) is 1. The molecule has 1 aliphatic carbocycles. The third kappa shape index (κ3) is 4.01. The molecule has 0 saturated heterocycles. The fourth-order valence-electron chi connectivity index (χ4n) is 1.92. The quantitative estimate of drug-likeness (QED) is 0.799. The maximum absolute atomic E-state index is 11.8. The first-order valence-electron chi connectivity index (χ1n) is 6.37. The summed E-state index contributed by atoms with van der Waals surface area (Å²) in [6.45, 7) is 1.84. The lowest BCUT2D eigenvalue weighted by Crippen LogP contribution is -2.33. The molecular formula is C13H17N3O3. The fraction of sp³-hybridized carbons (Fsp3) is 0.538. The Kier molecular flexibility index (Phi) is 4.09. The average molecular weight is 263 g/mol. The topological polar surface area (TPSA) is 92.2 Å². The van der Waals surface area contributed by atoms with Gasteiger partial charge < -0.3 is 10.4 Å². The number of aliphatic carboxylic acids is 1. The predicted molar refractivity (Wildman–Crippen MR) is 67.6 cm³/mol. The van der Waals surface area contributed by atoms with E-state index in [9.17, 15) is 9.59 Å². The van der Waals surface area contributed by atoms with Gasteiger partial charge in [0.15, 0.2) is 0 Å². The normalized spacial score (nSPS) is 15.8. The number of hydrogen-bond acceptors (Lipinski definition) is 4. The van der Waals surface area contributed by atoms with Crippen molar-refractivity contribution < 1.29 is 14.7 Å². The van der Waals surface area contributed by atoms with Gasteiger partial charge in [-0.2, -0.15) is 0 Å². The van der Waals surface area contributed by atoms with Crippen LogP contribution < -0.4 is 5.32 Å². The zero-order chi connectivity index (χ0) is 13.8. The minimum absolute atomic E-state index is 0.147. The van der Waals surface area contributed by atoms with E-state index < -0.39 is 11.9 Å². The number of rotatable bonds is 6. The molecule has 2 rings (SSSR count). The Morgan fingerprint density at radius 3 is 2.84 bits per heavy atom. The van der Waals surface area contributed by atoms with Gasteiger partial charge in [-0.3, -0.25) is 9.59 Å². The van der Waals surface area contributed by atoms with E-state index in [1.54, 1.807) is 6.92 Å². The van der Waals surface area contributed by atoms with Crippen LogP contribution in [0, 0.1) is 18.8 Å². The molecule has 1 unspecified atom stereocenters. The third-order valence-electron chi connectivity index (χ3n) is 3.18. The Labute approximate surface area is 111 Å². The zero-order valence-corrected chi connectivity index (χ0v) is 10.8. The van der Waals surface area contributed by atoms with Crippen LogP contribution in [0.25, 0.3) is 0 Å². The Hall–Kier alpha value is -1.98. The van der Waals surface area contributed by atoms with Crippen molar-refractivity contribution >= 4 is 11.9 Å². The van der Waals surface area contributed by atoms with Gasteiger partial charge in [-0.15, -0.1) is 0 Å². The van der Waals surface area contributed by atoms with Crippen LogP contribution in [0.5, 0.6) is 0 Å². The van der Waals surface area contributed by atoms with Gasteiger partial charge in [-0.05, 0) is 25.3 Å². The standard InChI is InChI=1S/C13H17N3O3/c1-8-14-5-4-11(16-8)12(17)15-7-10(13(18)19)6-9-2-3-9/h4-5,9-10H,2-3,6-7H2,1H3,(H,15,17)(H,18,19). The lowest BCUT2D eigenvalue weighted by molar-refractivity contribution is -0.141. The molecule has 0 spiro atoms. The van der Waals surface area contributed by atoms with E-state index in [4.69, 9.17) is 5.11 Å². The van der Waals surface area contributed by atoms with Crippen molar-refractivity contribution in [2.24, 2.45) is 11.8 Å². The molecule has 0 radical (unpaired) electrons. The SMILES string of the molecule is Cc1nccc(C(=O)NCC(CC2CC2)C(=O)O)n1. The molecule has 1 saturated carbocycles. The fourth-order valence-corrected chi connectivity index (χ4v) is 1.92. The Morgan fingerprint density at radius 1 is 1.53 bits per heavy atom. The van der Waals surface area contributed by atoms with E-state index in [0.717, 1.165) is 12.8 Å². The van der Waals surface area contributed by atoms with E-state index in [0.29, 0.717) is 18.2 Å². The van der Waals surface area contributed by atoms with Crippen molar-refractivity contribution in [2.75, 3.05) is 6.54 Å². The number of amides is 1. The maximum Gasteiger partial charge on any atom is 0.308 e. The van der Waals surface area contributed by atoms with Crippen LogP contribution in [0.3, 0.4) is 0 Å². The number of carbonyl (C=O) groups is 2. The van der Waals surface area contributed by atoms with Crippen molar-refractivity contribution in [3.05, 3.63) is 23.8 Å². The summed E-state index contributed by atoms with van der Waals surface area (Å²) < 4.78 is 0. The molecule has 0 aliphatic heterocycles. The minimum atomic E-state index is -0.855. The van der Waals surface area contributed by atoms with Crippen LogP contribution >= 0.6 is 0 Å². The lowest BCUT2D eigenvalue weighted by atomic mass is 10.0. The highest BCUT2D eigenvalue weighted by atomic mass is 16.4. The van der Waals surface area contributed by atoms with Gasteiger partial charge in [0.25, 0.3) is 5.91 Å². The van der Waals surface area contributed by atoms with Crippen LogP contribution in [0.1, 0.15) is 35.6 Å². The second kappa shape index (κ2) is 5.77. The minimum Gasteiger partial charge on any atom is -0.481 e. The second-order valence-corrected chi connectivity index (χ2v) is 4.91. The van der Waals surface area contributed by atoms with Gasteiger partial charge >= 0.3 is 5.97 Å². The summed E-state index contributed by atoms with van der Waals surface area (Å²) >= 11 is 0. The summed E-state index contributed by atoms with van der Waals surface area (Å²) in [7, 11) is 0. The molecule has 1 fully saturated rings. The van der Waals surface area contributed by atoms with Crippen LogP contribution in [-0.4, -0.2) is 33.5 Å². The molecule has 1 aromatic rings. The van der Waals surface area contributed by atoms with E-state index >= 15 is 0 Å². The number of aryl methyl sites for hydroxylation is 1. The molecule has 6 heteroatoms. The van der Waals surface area contributed by atoms with Crippen molar-refractivity contribution in [3.8, 4) is 0 Å². The first-order chi connectivity index (χ1) is 9.06. The molecular weight excluding hydrogens is 246 g/mol. The number of nitrogens with zero attached hydrogens (tertiary/aromatic N) is 2. The Morgan fingerprint density at radius 2 is 2.26 bits per heavy atom. The molecule has 2 N–H and O–H groups in total. The zero-order valence-electron chi connectivity index (χ0n) is 10.8. The summed E-state index contributed by atoms with van der Waals surface area (Å²) in [4.78, 5) is 30.8. The molecule has 102 valence electrons. The van der Waals surface area contributed by atoms with E-state index in [2.05, 4.69) is 15.3 Å². The van der Waals surface area contributed by atoms with Crippen LogP contribution in [-0.2, 0) is 4.79 Å². The molecule has 6 nitrogen and oxygen atoms in total. The summed E-state index contributed by atoms with van der Waals surface area (Å²) in [6.07, 6.45) is 4.35. The van der Waals surface area contributed by atoms with Gasteiger partial charge in [0.2, 0.25) is 0 Å². The third-order valence-corrected chi connectivity index (χ3v) is 3.18. The summed E-state index contributed by atoms with van der Waals surface area (Å²) in [5, 5.41) is 11.7. The predicted octanol–water partition coefficient (Wildman–Crippen LogP) is 1.02. The van der Waals surface area contributed by atoms with Crippen LogP contribution in [0.15, 0.2) is 12.3 Å². The molecule has 1 atom stereocenters. The van der Waals surface area contributed by atoms with E-state index in [-0.39, 0.29) is 18.1 Å². The highest BCUT2D eigenvalue weighted by Crippen LogP contribution is 2.35. The molecule has 19 heavy (non-hydrogen) atoms. The first kappa shape index (κ1) is 13.5. The van der Waals surface area contributed by atoms with Crippen molar-refractivity contribution in [1.29, 1.82) is 0 Å². The molecule has 1 amide bonds. The highest BCUT2D eigenvalue weighted by molar-refractivity contribution is 5.92. The molecule has 1 aliphatic rings. The largest absolute Gasteiger partial charge is 0.481 e. The molecule has 1 aromatic heterocycles. The van der Waals surface area contributed by atoms with E-state index in [1.165, 1.54) is 12.3 Å². The van der Waals surface area contributed by atoms with Crippen LogP contribution in [0.4, 0.5) is 0 Å². The van der Waals surface area contributed by atoms with Crippen LogP contribution in [0.2, 0.25) is 0 Å². The van der Waals surface area contributed by atoms with Gasteiger partial charge in [-0.25, -0.2) is 9.97 Å². The smallest absolute Gasteiger partial charge is 0.308 e. The summed E-state index contributed by atoms with van der Waals surface area (Å²) in [6, 6.07) is 1.51. The van der Waals surface area contributed by atoms with Gasteiger partial charge in [-0.1, -0.05) is 12.8 Å². The number of carboxylic acids is 1. The second-order valence-electron chi connectivity index (χ2n) is 4.91. The average Bonchev–Trinajstić information content (AvgIpc) is 3.17. The molecule has 0 bridgehead atoms. The van der Waals surface area contributed by atoms with E-state index in [1.807, 2.05) is 0 Å². The maximum atomic E-state index is 11.8. The lowest BCUT2D eigenvalue weighted by Gasteiger charge is -2.12. The Bertz CT molecular complexity index is 486. The summed E-state index contributed by atoms with van der Waals surface area (Å²) in [5.74, 6) is -0.697. The monoisotopic (exact) mass is 263 g/mol. The first-order valence-corrected chi connectivity index (χ1v) is 6.37. The van der Waals surface area contributed by atoms with Crippen molar-refractivity contribution in [1.82, 2.24) is 15.3 Å². The number of aromatic nitrogens is 2. The van der Waals surface area contributed by atoms with Gasteiger partial charge in [0.05, 0.1) is 5.92 Å². The molecule has 0 aromatic carbocycles. The number of hydrogen-bond donors (Lipinski definition) is 2. The van der Waals surface area contributed by atoms with Gasteiger partial charge in [0.1, 0.15) is 11.5 Å². The van der Waals surface area contributed by atoms with Gasteiger partial charge in [0, 0.05) is 12.7 Å². The summed E-state index contributed by atoms with van der Waals surface area (Å²) in [5.41, 5.74) is 0.267. The highest BCUT2D eigenvalue weighted by Gasteiger charge is 2.29. The van der Waals surface area contributed by atoms with Crippen molar-refractivity contribution in [2.45, 2.75) is 26.2 Å². The number of carbonyl (C=O) groups excluding carboxylic acids is 1. The Balaban J connectivity index is 1.89.